The van der Waals surface area contributed by atoms with Crippen LogP contribution in [0, 0.1) is 0 Å². The molecular weight excluding hydrogens is 334 g/mol. The molecule has 0 bridgehead atoms. The summed E-state index contributed by atoms with van der Waals surface area (Å²) in [5.41, 5.74) is 4.30. The molecule has 1 aliphatic rings. The Morgan fingerprint density at radius 1 is 1.19 bits per heavy atom. The van der Waals surface area contributed by atoms with Crippen molar-refractivity contribution in [2.75, 3.05) is 13.1 Å². The Morgan fingerprint density at radius 3 is 2.85 bits per heavy atom. The number of carbonyl (C=O) groups is 1. The van der Waals surface area contributed by atoms with Crippen molar-refractivity contribution in [3.05, 3.63) is 66.0 Å². The summed E-state index contributed by atoms with van der Waals surface area (Å²) in [6.07, 6.45) is 5.90. The van der Waals surface area contributed by atoms with Crippen LogP contribution in [-0.4, -0.2) is 34.1 Å². The van der Waals surface area contributed by atoms with Gasteiger partial charge in [-0.2, -0.15) is 5.10 Å². The molecule has 4 rings (SSSR count). The average Bonchev–Trinajstić information content (AvgIpc) is 3.22. The van der Waals surface area contributed by atoms with Crippen molar-refractivity contribution in [3.8, 4) is 11.1 Å². The van der Waals surface area contributed by atoms with Crippen LogP contribution in [0.4, 0.5) is 0 Å². The predicted octanol–water partition coefficient (Wildman–Crippen LogP) is 4.90. The number of aromatic amines is 1. The van der Waals surface area contributed by atoms with Gasteiger partial charge in [-0.25, -0.2) is 0 Å². The summed E-state index contributed by atoms with van der Waals surface area (Å²) < 4.78 is 0. The first-order valence-electron chi connectivity index (χ1n) is 9.62. The van der Waals surface area contributed by atoms with Crippen LogP contribution in [0.25, 0.3) is 21.9 Å². The van der Waals surface area contributed by atoms with E-state index in [1.54, 1.807) is 0 Å². The zero-order valence-electron chi connectivity index (χ0n) is 15.9. The maximum Gasteiger partial charge on any atom is 0.249 e. The Bertz CT molecular complexity index is 996. The molecule has 4 nitrogen and oxygen atoms in total. The summed E-state index contributed by atoms with van der Waals surface area (Å²) in [5, 5.41) is 10.1. The van der Waals surface area contributed by atoms with Gasteiger partial charge in [0.2, 0.25) is 5.91 Å². The Balaban J connectivity index is 1.69. The zero-order chi connectivity index (χ0) is 18.8. The minimum absolute atomic E-state index is 0.147. The fourth-order valence-corrected chi connectivity index (χ4v) is 4.05. The van der Waals surface area contributed by atoms with Crippen molar-refractivity contribution in [2.45, 2.75) is 32.6 Å². The topological polar surface area (TPSA) is 49.0 Å². The Morgan fingerprint density at radius 2 is 2.00 bits per heavy atom. The highest BCUT2D eigenvalue weighted by Crippen LogP contribution is 2.36. The molecule has 0 radical (unpaired) electrons. The molecule has 0 aliphatic carbocycles. The largest absolute Gasteiger partial charge is 0.338 e. The summed E-state index contributed by atoms with van der Waals surface area (Å²) >= 11 is 0. The number of hydrogen-bond acceptors (Lipinski definition) is 2. The second-order valence-corrected chi connectivity index (χ2v) is 7.29. The molecule has 0 spiro atoms. The van der Waals surface area contributed by atoms with E-state index in [1.165, 1.54) is 16.3 Å². The monoisotopic (exact) mass is 359 g/mol. The van der Waals surface area contributed by atoms with Crippen LogP contribution in [0.3, 0.4) is 0 Å². The normalized spacial score (nSPS) is 18.1. The van der Waals surface area contributed by atoms with Gasteiger partial charge >= 0.3 is 0 Å². The SMILES string of the molecule is CC=C(C)C(=O)N1CCCC(c2[nH]ncc2-c2cccc3ccccc23)C1. The molecule has 1 atom stereocenters. The number of likely N-dealkylation sites (tertiary alicyclic amines) is 1. The number of carbonyl (C=O) groups excluding carboxylic acids is 1. The molecule has 138 valence electrons. The first-order valence-corrected chi connectivity index (χ1v) is 9.62. The van der Waals surface area contributed by atoms with E-state index in [0.717, 1.165) is 42.8 Å². The van der Waals surface area contributed by atoms with Crippen LogP contribution in [-0.2, 0) is 4.79 Å². The molecule has 1 amide bonds. The molecule has 1 N–H and O–H groups in total. The lowest BCUT2D eigenvalue weighted by Gasteiger charge is -2.33. The highest BCUT2D eigenvalue weighted by atomic mass is 16.2. The van der Waals surface area contributed by atoms with Crippen molar-refractivity contribution >= 4 is 16.7 Å². The van der Waals surface area contributed by atoms with Gasteiger partial charge in [-0.1, -0.05) is 48.5 Å². The fraction of sp³-hybridized carbons (Fsp3) is 0.304. The van der Waals surface area contributed by atoms with E-state index in [-0.39, 0.29) is 11.8 Å². The number of allylic oxidation sites excluding steroid dienone is 1. The molecule has 2 heterocycles. The third-order valence-electron chi connectivity index (χ3n) is 5.64. The van der Waals surface area contributed by atoms with Crippen LogP contribution < -0.4 is 0 Å². The molecule has 1 fully saturated rings. The predicted molar refractivity (Wildman–Crippen MR) is 110 cm³/mol. The number of amides is 1. The van der Waals surface area contributed by atoms with Crippen LogP contribution in [0.2, 0.25) is 0 Å². The van der Waals surface area contributed by atoms with Crippen LogP contribution >= 0.6 is 0 Å². The summed E-state index contributed by atoms with van der Waals surface area (Å²) in [7, 11) is 0. The van der Waals surface area contributed by atoms with Crippen molar-refractivity contribution in [3.63, 3.8) is 0 Å². The number of fused-ring (bicyclic) bond motifs is 1. The fourth-order valence-electron chi connectivity index (χ4n) is 4.05. The quantitative estimate of drug-likeness (QED) is 0.676. The summed E-state index contributed by atoms with van der Waals surface area (Å²) in [6.45, 7) is 5.38. The van der Waals surface area contributed by atoms with E-state index in [4.69, 9.17) is 0 Å². The summed E-state index contributed by atoms with van der Waals surface area (Å²) in [6, 6.07) is 14.8. The number of H-pyrrole nitrogens is 1. The number of aromatic nitrogens is 2. The molecule has 0 saturated carbocycles. The molecule has 1 unspecified atom stereocenters. The van der Waals surface area contributed by atoms with Crippen LogP contribution in [0.5, 0.6) is 0 Å². The summed E-state index contributed by atoms with van der Waals surface area (Å²) in [4.78, 5) is 14.6. The number of nitrogens with one attached hydrogen (secondary N) is 1. The first kappa shape index (κ1) is 17.5. The molecule has 4 heteroatoms. The molecule has 1 saturated heterocycles. The second-order valence-electron chi connectivity index (χ2n) is 7.29. The molecular formula is C23H25N3O. The van der Waals surface area contributed by atoms with Gasteiger partial charge in [0.15, 0.2) is 0 Å². The number of nitrogens with zero attached hydrogens (tertiary/aromatic N) is 2. The molecule has 3 aromatic rings. The van der Waals surface area contributed by atoms with E-state index in [1.807, 2.05) is 31.0 Å². The number of hydrogen-bond donors (Lipinski definition) is 1. The van der Waals surface area contributed by atoms with E-state index < -0.39 is 0 Å². The van der Waals surface area contributed by atoms with E-state index in [9.17, 15) is 4.79 Å². The lowest BCUT2D eigenvalue weighted by Crippen LogP contribution is -2.39. The highest BCUT2D eigenvalue weighted by molar-refractivity contribution is 5.97. The lowest BCUT2D eigenvalue weighted by atomic mass is 9.89. The van der Waals surface area contributed by atoms with Gasteiger partial charge < -0.3 is 4.90 Å². The van der Waals surface area contributed by atoms with Crippen molar-refractivity contribution in [1.29, 1.82) is 0 Å². The Labute approximate surface area is 159 Å². The molecule has 2 aromatic carbocycles. The van der Waals surface area contributed by atoms with Gasteiger partial charge in [0.05, 0.1) is 6.20 Å². The number of piperidine rings is 1. The van der Waals surface area contributed by atoms with Gasteiger partial charge in [-0.15, -0.1) is 0 Å². The zero-order valence-corrected chi connectivity index (χ0v) is 15.9. The standard InChI is InChI=1S/C23H25N3O/c1-3-16(2)23(27)26-13-7-10-18(15-26)22-21(14-24-25-22)20-12-6-9-17-8-4-5-11-19(17)20/h3-6,8-9,11-12,14,18H,7,10,13,15H2,1-2H3,(H,24,25). The maximum absolute atomic E-state index is 12.6. The minimum atomic E-state index is 0.147. The van der Waals surface area contributed by atoms with Crippen molar-refractivity contribution < 1.29 is 4.79 Å². The maximum atomic E-state index is 12.6. The van der Waals surface area contributed by atoms with Crippen molar-refractivity contribution in [1.82, 2.24) is 15.1 Å². The second kappa shape index (κ2) is 7.39. The third-order valence-corrected chi connectivity index (χ3v) is 5.64. The van der Waals surface area contributed by atoms with Crippen LogP contribution in [0.1, 0.15) is 38.3 Å². The highest BCUT2D eigenvalue weighted by Gasteiger charge is 2.28. The van der Waals surface area contributed by atoms with Gasteiger partial charge in [-0.05, 0) is 43.0 Å². The van der Waals surface area contributed by atoms with Gasteiger partial charge in [0.25, 0.3) is 0 Å². The third kappa shape index (κ3) is 3.27. The Hall–Kier alpha value is -2.88. The minimum Gasteiger partial charge on any atom is -0.338 e. The number of benzene rings is 2. The van der Waals surface area contributed by atoms with E-state index in [0.29, 0.717) is 0 Å². The summed E-state index contributed by atoms with van der Waals surface area (Å²) in [5.74, 6) is 0.428. The van der Waals surface area contributed by atoms with Crippen LogP contribution in [0.15, 0.2) is 60.3 Å². The van der Waals surface area contributed by atoms with Gasteiger partial charge in [-0.3, -0.25) is 9.89 Å². The van der Waals surface area contributed by atoms with Crippen molar-refractivity contribution in [2.24, 2.45) is 0 Å². The molecule has 1 aromatic heterocycles. The van der Waals surface area contributed by atoms with E-state index >= 15 is 0 Å². The molecule has 1 aliphatic heterocycles. The molecule has 27 heavy (non-hydrogen) atoms. The first-order chi connectivity index (χ1) is 13.2. The van der Waals surface area contributed by atoms with Gasteiger partial charge in [0, 0.05) is 35.8 Å². The van der Waals surface area contributed by atoms with Gasteiger partial charge in [0.1, 0.15) is 0 Å². The Kier molecular flexibility index (Phi) is 4.80. The average molecular weight is 359 g/mol. The number of rotatable bonds is 3. The lowest BCUT2D eigenvalue weighted by molar-refractivity contribution is -0.128. The smallest absolute Gasteiger partial charge is 0.249 e. The van der Waals surface area contributed by atoms with E-state index in [2.05, 4.69) is 52.7 Å².